The summed E-state index contributed by atoms with van der Waals surface area (Å²) in [5, 5.41) is 4.88. The molecule has 1 N–H and O–H groups in total. The second-order valence-electron chi connectivity index (χ2n) is 3.53. The zero-order chi connectivity index (χ0) is 11.4. The van der Waals surface area contributed by atoms with Gasteiger partial charge < -0.3 is 5.32 Å². The molecule has 1 aromatic rings. The van der Waals surface area contributed by atoms with Crippen LogP contribution in [0.5, 0.6) is 0 Å². The Hall–Kier alpha value is 0.190. The van der Waals surface area contributed by atoms with E-state index in [1.54, 1.807) is 11.3 Å². The zero-order valence-corrected chi connectivity index (χ0v) is 12.3. The van der Waals surface area contributed by atoms with Crippen molar-refractivity contribution in [2.24, 2.45) is 0 Å². The quantitative estimate of drug-likeness (QED) is 0.649. The van der Waals surface area contributed by atoms with Gasteiger partial charge >= 0.3 is 0 Å². The molecule has 2 nitrogen and oxygen atoms in total. The third kappa shape index (κ3) is 4.70. The molecule has 84 valence electrons. The van der Waals surface area contributed by atoms with E-state index in [1.807, 2.05) is 25.3 Å². The van der Waals surface area contributed by atoms with E-state index >= 15 is 0 Å². The van der Waals surface area contributed by atoms with Crippen molar-refractivity contribution in [3.05, 3.63) is 19.9 Å². The van der Waals surface area contributed by atoms with Gasteiger partial charge in [0.15, 0.2) is 0 Å². The first kappa shape index (κ1) is 13.3. The SMILES string of the molecule is CC(Cl)CC(C)NC(=O)c1csc(I)c1. The predicted molar refractivity (Wildman–Crippen MR) is 73.9 cm³/mol. The highest BCUT2D eigenvalue weighted by molar-refractivity contribution is 14.1. The summed E-state index contributed by atoms with van der Waals surface area (Å²) in [7, 11) is 0. The van der Waals surface area contributed by atoms with Crippen molar-refractivity contribution < 1.29 is 4.79 Å². The van der Waals surface area contributed by atoms with Gasteiger partial charge in [-0.15, -0.1) is 22.9 Å². The molecule has 0 aliphatic rings. The van der Waals surface area contributed by atoms with Gasteiger partial charge in [-0.25, -0.2) is 0 Å². The first-order chi connectivity index (χ1) is 6.99. The van der Waals surface area contributed by atoms with Crippen LogP contribution in [0.4, 0.5) is 0 Å². The fourth-order valence-electron chi connectivity index (χ4n) is 1.28. The Labute approximate surface area is 113 Å². The number of hydrogen-bond donors (Lipinski definition) is 1. The average Bonchev–Trinajstić information content (AvgIpc) is 2.49. The average molecular weight is 358 g/mol. The Bertz CT molecular complexity index is 340. The summed E-state index contributed by atoms with van der Waals surface area (Å²) in [6.07, 6.45) is 0.786. The molecule has 1 rings (SSSR count). The molecule has 1 aromatic heterocycles. The molecule has 0 fully saturated rings. The lowest BCUT2D eigenvalue weighted by Gasteiger charge is -2.14. The number of rotatable bonds is 4. The van der Waals surface area contributed by atoms with Crippen LogP contribution >= 0.6 is 45.5 Å². The van der Waals surface area contributed by atoms with E-state index in [1.165, 1.54) is 0 Å². The fourth-order valence-corrected chi connectivity index (χ4v) is 2.88. The summed E-state index contributed by atoms with van der Waals surface area (Å²) < 4.78 is 1.12. The smallest absolute Gasteiger partial charge is 0.252 e. The summed E-state index contributed by atoms with van der Waals surface area (Å²) in [6.45, 7) is 3.89. The summed E-state index contributed by atoms with van der Waals surface area (Å²) in [5.74, 6) is -0.0148. The molecule has 0 spiro atoms. The molecule has 0 aliphatic carbocycles. The van der Waals surface area contributed by atoms with E-state index in [0.717, 1.165) is 14.9 Å². The van der Waals surface area contributed by atoms with Crippen molar-refractivity contribution in [2.45, 2.75) is 31.7 Å². The minimum atomic E-state index is -0.0148. The highest BCUT2D eigenvalue weighted by Crippen LogP contribution is 2.16. The molecule has 1 amide bonds. The predicted octanol–water partition coefficient (Wildman–Crippen LogP) is 3.49. The molecule has 5 heteroatoms. The van der Waals surface area contributed by atoms with Crippen LogP contribution in [0.25, 0.3) is 0 Å². The van der Waals surface area contributed by atoms with Crippen LogP contribution < -0.4 is 5.32 Å². The van der Waals surface area contributed by atoms with Gasteiger partial charge in [-0.05, 0) is 48.9 Å². The first-order valence-electron chi connectivity index (χ1n) is 4.68. The normalized spacial score (nSPS) is 14.7. The number of carbonyl (C=O) groups is 1. The van der Waals surface area contributed by atoms with Crippen LogP contribution in [-0.2, 0) is 0 Å². The summed E-state index contributed by atoms with van der Waals surface area (Å²) in [4.78, 5) is 11.7. The van der Waals surface area contributed by atoms with Gasteiger partial charge in [0.25, 0.3) is 5.91 Å². The minimum Gasteiger partial charge on any atom is -0.350 e. The molecular weight excluding hydrogens is 345 g/mol. The Morgan fingerprint density at radius 2 is 2.33 bits per heavy atom. The highest BCUT2D eigenvalue weighted by atomic mass is 127. The maximum atomic E-state index is 11.7. The van der Waals surface area contributed by atoms with Gasteiger partial charge in [0.2, 0.25) is 0 Å². The third-order valence-electron chi connectivity index (χ3n) is 1.89. The molecule has 0 bridgehead atoms. The van der Waals surface area contributed by atoms with Crippen molar-refractivity contribution in [1.82, 2.24) is 5.32 Å². The maximum Gasteiger partial charge on any atom is 0.252 e. The number of amides is 1. The maximum absolute atomic E-state index is 11.7. The Morgan fingerprint density at radius 3 is 2.80 bits per heavy atom. The molecule has 1 heterocycles. The van der Waals surface area contributed by atoms with Gasteiger partial charge in [0, 0.05) is 16.8 Å². The summed E-state index contributed by atoms with van der Waals surface area (Å²) >= 11 is 9.63. The Morgan fingerprint density at radius 1 is 1.67 bits per heavy atom. The standard InChI is InChI=1S/C10H13ClINOS/c1-6(11)3-7(2)13-10(14)8-4-9(12)15-5-8/h4-7H,3H2,1-2H3,(H,13,14). The van der Waals surface area contributed by atoms with Crippen molar-refractivity contribution in [3.63, 3.8) is 0 Å². The Balaban J connectivity index is 2.49. The zero-order valence-electron chi connectivity index (χ0n) is 8.59. The van der Waals surface area contributed by atoms with Gasteiger partial charge in [-0.3, -0.25) is 4.79 Å². The number of halogens is 2. The monoisotopic (exact) mass is 357 g/mol. The van der Waals surface area contributed by atoms with Crippen molar-refractivity contribution in [3.8, 4) is 0 Å². The van der Waals surface area contributed by atoms with Crippen LogP contribution in [0.3, 0.4) is 0 Å². The summed E-state index contributed by atoms with van der Waals surface area (Å²) in [5.41, 5.74) is 0.735. The van der Waals surface area contributed by atoms with Crippen molar-refractivity contribution in [1.29, 1.82) is 0 Å². The molecule has 0 saturated carbocycles. The number of hydrogen-bond acceptors (Lipinski definition) is 2. The van der Waals surface area contributed by atoms with Crippen LogP contribution in [0, 0.1) is 2.88 Å². The number of thiophene rings is 1. The van der Waals surface area contributed by atoms with E-state index in [9.17, 15) is 4.79 Å². The van der Waals surface area contributed by atoms with Crippen LogP contribution in [0.2, 0.25) is 0 Å². The molecule has 15 heavy (non-hydrogen) atoms. The molecule has 0 aromatic carbocycles. The van der Waals surface area contributed by atoms with E-state index in [-0.39, 0.29) is 17.3 Å². The Kier molecular flexibility index (Phi) is 5.35. The van der Waals surface area contributed by atoms with Gasteiger partial charge in [-0.2, -0.15) is 0 Å². The second kappa shape index (κ2) is 6.06. The van der Waals surface area contributed by atoms with E-state index in [4.69, 9.17) is 11.6 Å². The lowest BCUT2D eigenvalue weighted by atomic mass is 10.2. The van der Waals surface area contributed by atoms with Crippen molar-refractivity contribution in [2.75, 3.05) is 0 Å². The van der Waals surface area contributed by atoms with Gasteiger partial charge in [-0.1, -0.05) is 0 Å². The van der Waals surface area contributed by atoms with Gasteiger partial charge in [0.1, 0.15) is 0 Å². The second-order valence-corrected chi connectivity index (χ2v) is 7.08. The minimum absolute atomic E-state index is 0.0148. The van der Waals surface area contributed by atoms with E-state index in [0.29, 0.717) is 0 Å². The third-order valence-corrected chi connectivity index (χ3v) is 3.85. The fraction of sp³-hybridized carbons (Fsp3) is 0.500. The lowest BCUT2D eigenvalue weighted by molar-refractivity contribution is 0.0939. The van der Waals surface area contributed by atoms with E-state index in [2.05, 4.69) is 27.9 Å². The molecule has 2 unspecified atom stereocenters. The number of nitrogens with one attached hydrogen (secondary N) is 1. The molecule has 2 atom stereocenters. The molecular formula is C10H13ClINOS. The topological polar surface area (TPSA) is 29.1 Å². The van der Waals surface area contributed by atoms with Crippen molar-refractivity contribution >= 4 is 51.4 Å². The lowest BCUT2D eigenvalue weighted by Crippen LogP contribution is -2.33. The molecule has 0 saturated heterocycles. The summed E-state index contributed by atoms with van der Waals surface area (Å²) in [6, 6.07) is 2.00. The number of alkyl halides is 1. The largest absolute Gasteiger partial charge is 0.350 e. The van der Waals surface area contributed by atoms with Crippen LogP contribution in [0.15, 0.2) is 11.4 Å². The van der Waals surface area contributed by atoms with Crippen LogP contribution in [-0.4, -0.2) is 17.3 Å². The highest BCUT2D eigenvalue weighted by Gasteiger charge is 2.12. The molecule has 0 radical (unpaired) electrons. The van der Waals surface area contributed by atoms with Crippen LogP contribution in [0.1, 0.15) is 30.6 Å². The number of carbonyl (C=O) groups excluding carboxylic acids is 1. The van der Waals surface area contributed by atoms with Gasteiger partial charge in [0.05, 0.1) is 8.45 Å². The first-order valence-corrected chi connectivity index (χ1v) is 7.07. The molecule has 0 aliphatic heterocycles. The van der Waals surface area contributed by atoms with E-state index < -0.39 is 0 Å².